The summed E-state index contributed by atoms with van der Waals surface area (Å²) in [4.78, 5) is 6.17. The summed E-state index contributed by atoms with van der Waals surface area (Å²) in [7, 11) is -1.57. The lowest BCUT2D eigenvalue weighted by atomic mass is 10.1. The first kappa shape index (κ1) is 15.7. The topological polar surface area (TPSA) is 79.5 Å². The van der Waals surface area contributed by atoms with Gasteiger partial charge in [0.15, 0.2) is 0 Å². The predicted molar refractivity (Wildman–Crippen MR) is 81.8 cm³/mol. The van der Waals surface area contributed by atoms with Crippen LogP contribution < -0.4 is 5.73 Å². The number of aromatic nitrogens is 1. The van der Waals surface area contributed by atoms with Gasteiger partial charge in [0.25, 0.3) is 0 Å². The molecule has 112 valence electrons. The van der Waals surface area contributed by atoms with Gasteiger partial charge in [-0.15, -0.1) is 0 Å². The van der Waals surface area contributed by atoms with Gasteiger partial charge in [0.1, 0.15) is 10.7 Å². The summed E-state index contributed by atoms with van der Waals surface area (Å²) in [5.41, 5.74) is 5.73. The van der Waals surface area contributed by atoms with E-state index < -0.39 is 10.0 Å². The Bertz CT molecular complexity index is 593. The standard InChI is InChI=1S/C12H19BrN4O2S/c1-3-10-8-17(5-4-16(10)2)20(18,19)11-6-9(13)7-15-12(11)14/h6-7,10H,3-5,8H2,1-2H3,(H2,14,15). The van der Waals surface area contributed by atoms with E-state index in [9.17, 15) is 8.42 Å². The maximum absolute atomic E-state index is 12.7. The summed E-state index contributed by atoms with van der Waals surface area (Å²) in [6.45, 7) is 3.74. The average Bonchev–Trinajstić information content (AvgIpc) is 2.41. The molecule has 8 heteroatoms. The number of nitrogen functional groups attached to an aromatic ring is 1. The molecule has 0 spiro atoms. The fourth-order valence-electron chi connectivity index (χ4n) is 2.35. The van der Waals surface area contributed by atoms with Crippen LogP contribution in [-0.4, -0.2) is 55.3 Å². The molecule has 1 saturated heterocycles. The van der Waals surface area contributed by atoms with Crippen LogP contribution in [0, 0.1) is 0 Å². The highest BCUT2D eigenvalue weighted by atomic mass is 79.9. The first-order chi connectivity index (χ1) is 9.36. The van der Waals surface area contributed by atoms with Crippen molar-refractivity contribution in [1.82, 2.24) is 14.2 Å². The molecular weight excluding hydrogens is 344 g/mol. The van der Waals surface area contributed by atoms with Crippen LogP contribution in [0.4, 0.5) is 5.82 Å². The van der Waals surface area contributed by atoms with Crippen molar-refractivity contribution in [1.29, 1.82) is 0 Å². The molecule has 2 rings (SSSR count). The van der Waals surface area contributed by atoms with Crippen LogP contribution in [0.2, 0.25) is 0 Å². The zero-order valence-corrected chi connectivity index (χ0v) is 14.0. The molecule has 1 aromatic rings. The number of nitrogens with zero attached hydrogens (tertiary/aromatic N) is 3. The van der Waals surface area contributed by atoms with Gasteiger partial charge in [0.05, 0.1) is 0 Å². The molecule has 2 heterocycles. The Morgan fingerprint density at radius 2 is 2.20 bits per heavy atom. The molecule has 2 N–H and O–H groups in total. The van der Waals surface area contributed by atoms with Crippen LogP contribution in [0.5, 0.6) is 0 Å². The lowest BCUT2D eigenvalue weighted by Crippen LogP contribution is -2.52. The van der Waals surface area contributed by atoms with E-state index in [0.29, 0.717) is 17.6 Å². The predicted octanol–water partition coefficient (Wildman–Crippen LogP) is 1.14. The number of likely N-dealkylation sites (N-methyl/N-ethyl adjacent to an activating group) is 1. The second-order valence-corrected chi connectivity index (χ2v) is 7.76. The summed E-state index contributed by atoms with van der Waals surface area (Å²) < 4.78 is 27.5. The minimum absolute atomic E-state index is 0.0418. The number of pyridine rings is 1. The second-order valence-electron chi connectivity index (χ2n) is 4.94. The van der Waals surface area contributed by atoms with Crippen LogP contribution in [0.25, 0.3) is 0 Å². The van der Waals surface area contributed by atoms with Gasteiger partial charge in [-0.25, -0.2) is 13.4 Å². The molecule has 1 fully saturated rings. The van der Waals surface area contributed by atoms with E-state index >= 15 is 0 Å². The number of halogens is 1. The van der Waals surface area contributed by atoms with Crippen molar-refractivity contribution < 1.29 is 8.42 Å². The number of hydrogen-bond acceptors (Lipinski definition) is 5. The van der Waals surface area contributed by atoms with Crippen LogP contribution in [0.3, 0.4) is 0 Å². The minimum Gasteiger partial charge on any atom is -0.383 e. The molecule has 0 amide bonds. The van der Waals surface area contributed by atoms with Gasteiger partial charge >= 0.3 is 0 Å². The Kier molecular flexibility index (Phi) is 4.68. The van der Waals surface area contributed by atoms with Crippen LogP contribution >= 0.6 is 15.9 Å². The number of anilines is 1. The third kappa shape index (κ3) is 2.98. The summed E-state index contributed by atoms with van der Waals surface area (Å²) in [6, 6.07) is 1.75. The van der Waals surface area contributed by atoms with E-state index in [-0.39, 0.29) is 16.8 Å². The molecular formula is C12H19BrN4O2S. The summed E-state index contributed by atoms with van der Waals surface area (Å²) in [5, 5.41) is 0. The Hall–Kier alpha value is -0.700. The van der Waals surface area contributed by atoms with Gasteiger partial charge in [-0.05, 0) is 35.5 Å². The molecule has 0 saturated carbocycles. The van der Waals surface area contributed by atoms with E-state index in [1.807, 2.05) is 7.05 Å². The van der Waals surface area contributed by atoms with Crippen LogP contribution in [0.1, 0.15) is 13.3 Å². The monoisotopic (exact) mass is 362 g/mol. The number of nitrogens with two attached hydrogens (primary N) is 1. The fraction of sp³-hybridized carbons (Fsp3) is 0.583. The van der Waals surface area contributed by atoms with Gasteiger partial charge in [0, 0.05) is 36.3 Å². The van der Waals surface area contributed by atoms with Crippen LogP contribution in [0.15, 0.2) is 21.6 Å². The highest BCUT2D eigenvalue weighted by Gasteiger charge is 2.33. The van der Waals surface area contributed by atoms with E-state index in [1.54, 1.807) is 0 Å². The zero-order valence-electron chi connectivity index (χ0n) is 11.6. The van der Waals surface area contributed by atoms with Gasteiger partial charge < -0.3 is 10.6 Å². The Morgan fingerprint density at radius 1 is 1.50 bits per heavy atom. The highest BCUT2D eigenvalue weighted by Crippen LogP contribution is 2.26. The van der Waals surface area contributed by atoms with Gasteiger partial charge in [-0.3, -0.25) is 0 Å². The van der Waals surface area contributed by atoms with Crippen molar-refractivity contribution >= 4 is 31.8 Å². The molecule has 1 aromatic heterocycles. The van der Waals surface area contributed by atoms with Gasteiger partial charge in [-0.1, -0.05) is 6.92 Å². The van der Waals surface area contributed by atoms with E-state index in [1.165, 1.54) is 16.6 Å². The number of piperazine rings is 1. The van der Waals surface area contributed by atoms with Crippen molar-refractivity contribution in [2.75, 3.05) is 32.4 Å². The maximum atomic E-state index is 12.7. The summed E-state index contributed by atoms with van der Waals surface area (Å²) in [5.74, 6) is 0.0418. The maximum Gasteiger partial charge on any atom is 0.246 e. The highest BCUT2D eigenvalue weighted by molar-refractivity contribution is 9.10. The van der Waals surface area contributed by atoms with E-state index in [0.717, 1.165) is 13.0 Å². The molecule has 0 bridgehead atoms. The zero-order chi connectivity index (χ0) is 14.9. The Morgan fingerprint density at radius 3 is 2.85 bits per heavy atom. The number of hydrogen-bond donors (Lipinski definition) is 1. The lowest BCUT2D eigenvalue weighted by molar-refractivity contribution is 0.144. The van der Waals surface area contributed by atoms with Crippen molar-refractivity contribution in [3.63, 3.8) is 0 Å². The smallest absolute Gasteiger partial charge is 0.246 e. The molecule has 0 aromatic carbocycles. The lowest BCUT2D eigenvalue weighted by Gasteiger charge is -2.38. The summed E-state index contributed by atoms with van der Waals surface area (Å²) >= 11 is 3.24. The molecule has 1 aliphatic rings. The first-order valence-electron chi connectivity index (χ1n) is 6.47. The van der Waals surface area contributed by atoms with Gasteiger partial charge in [0.2, 0.25) is 10.0 Å². The molecule has 0 aliphatic carbocycles. The summed E-state index contributed by atoms with van der Waals surface area (Å²) in [6.07, 6.45) is 2.40. The normalized spacial score (nSPS) is 22.1. The van der Waals surface area contributed by atoms with Crippen molar-refractivity contribution in [2.45, 2.75) is 24.3 Å². The second kappa shape index (κ2) is 5.97. The van der Waals surface area contributed by atoms with E-state index in [4.69, 9.17) is 5.73 Å². The average molecular weight is 363 g/mol. The minimum atomic E-state index is -3.59. The Balaban J connectivity index is 2.33. The quantitative estimate of drug-likeness (QED) is 0.871. The molecule has 0 radical (unpaired) electrons. The SMILES string of the molecule is CCC1CN(S(=O)(=O)c2cc(Br)cnc2N)CCN1C. The fourth-order valence-corrected chi connectivity index (χ4v) is 4.40. The third-order valence-corrected chi connectivity index (χ3v) is 6.01. The Labute approximate surface area is 128 Å². The van der Waals surface area contributed by atoms with Crippen molar-refractivity contribution in [2.24, 2.45) is 0 Å². The van der Waals surface area contributed by atoms with E-state index in [2.05, 4.69) is 32.7 Å². The van der Waals surface area contributed by atoms with Crippen molar-refractivity contribution in [3.05, 3.63) is 16.7 Å². The molecule has 1 unspecified atom stereocenters. The number of sulfonamides is 1. The molecule has 1 atom stereocenters. The van der Waals surface area contributed by atoms with Crippen molar-refractivity contribution in [3.8, 4) is 0 Å². The number of rotatable bonds is 3. The molecule has 20 heavy (non-hydrogen) atoms. The largest absolute Gasteiger partial charge is 0.383 e. The third-order valence-electron chi connectivity index (χ3n) is 3.68. The van der Waals surface area contributed by atoms with Crippen LogP contribution in [-0.2, 0) is 10.0 Å². The van der Waals surface area contributed by atoms with Gasteiger partial charge in [-0.2, -0.15) is 4.31 Å². The molecule has 1 aliphatic heterocycles. The first-order valence-corrected chi connectivity index (χ1v) is 8.71. The molecule has 6 nitrogen and oxygen atoms in total.